The number of aliphatic hydroxyl groups is 1. The molecule has 0 aliphatic heterocycles. The Kier molecular flexibility index (Phi) is 3.16. The highest BCUT2D eigenvalue weighted by atomic mass is 35.5. The van der Waals surface area contributed by atoms with Crippen LogP contribution in [0, 0.1) is 12.3 Å². The molecule has 1 unspecified atom stereocenters. The monoisotopic (exact) mass is 180 g/mol. The zero-order chi connectivity index (χ0) is 8.97. The maximum absolute atomic E-state index is 9.41. The van der Waals surface area contributed by atoms with Crippen LogP contribution < -0.4 is 0 Å². The molecule has 1 atom stereocenters. The van der Waals surface area contributed by atoms with Gasteiger partial charge in [-0.3, -0.25) is 0 Å². The highest BCUT2D eigenvalue weighted by molar-refractivity contribution is 6.18. The Labute approximate surface area is 77.0 Å². The summed E-state index contributed by atoms with van der Waals surface area (Å²) in [5, 5.41) is 9.41. The van der Waals surface area contributed by atoms with Crippen LogP contribution in [0.25, 0.3) is 0 Å². The molecule has 0 spiro atoms. The van der Waals surface area contributed by atoms with E-state index in [9.17, 15) is 5.11 Å². The molecule has 1 nitrogen and oxygen atoms in total. The molecule has 0 fully saturated rings. The van der Waals surface area contributed by atoms with Crippen molar-refractivity contribution < 1.29 is 5.11 Å². The second-order valence-electron chi connectivity index (χ2n) is 2.40. The maximum atomic E-state index is 9.41. The van der Waals surface area contributed by atoms with Crippen LogP contribution in [-0.4, -0.2) is 11.0 Å². The molecule has 2 heteroatoms. The van der Waals surface area contributed by atoms with E-state index in [1.54, 1.807) is 12.1 Å². The minimum atomic E-state index is -0.668. The van der Waals surface area contributed by atoms with Gasteiger partial charge in [-0.05, 0) is 11.6 Å². The number of halogens is 1. The lowest BCUT2D eigenvalue weighted by Gasteiger charge is -2.08. The Morgan fingerprint density at radius 3 is 2.75 bits per heavy atom. The van der Waals surface area contributed by atoms with Gasteiger partial charge in [0.2, 0.25) is 0 Å². The summed E-state index contributed by atoms with van der Waals surface area (Å²) in [5.74, 6) is 2.66. The molecule has 1 aromatic rings. The number of benzene rings is 1. The number of terminal acetylenes is 1. The number of aliphatic hydroxyl groups excluding tert-OH is 1. The Bertz CT molecular complexity index is 301. The fourth-order valence-electron chi connectivity index (χ4n) is 1.00. The number of hydrogen-bond donors (Lipinski definition) is 1. The van der Waals surface area contributed by atoms with Gasteiger partial charge in [-0.15, -0.1) is 18.0 Å². The molecule has 62 valence electrons. The molecule has 1 aromatic carbocycles. The van der Waals surface area contributed by atoms with E-state index in [0.29, 0.717) is 5.56 Å². The first kappa shape index (κ1) is 9.12. The van der Waals surface area contributed by atoms with Crippen LogP contribution in [-0.2, 0) is 0 Å². The summed E-state index contributed by atoms with van der Waals surface area (Å²) < 4.78 is 0. The van der Waals surface area contributed by atoms with Crippen LogP contribution in [0.3, 0.4) is 0 Å². The van der Waals surface area contributed by atoms with E-state index < -0.39 is 6.10 Å². The fraction of sp³-hybridized carbons (Fsp3) is 0.200. The van der Waals surface area contributed by atoms with E-state index in [-0.39, 0.29) is 5.88 Å². The predicted molar refractivity (Wildman–Crippen MR) is 50.1 cm³/mol. The summed E-state index contributed by atoms with van der Waals surface area (Å²) in [5.41, 5.74) is 1.42. The molecule has 0 saturated heterocycles. The topological polar surface area (TPSA) is 20.2 Å². The molecular formula is C10H9ClO. The molecule has 0 aromatic heterocycles. The van der Waals surface area contributed by atoms with Crippen LogP contribution in [0.5, 0.6) is 0 Å². The zero-order valence-electron chi connectivity index (χ0n) is 6.50. The molecule has 0 bridgehead atoms. The molecular weight excluding hydrogens is 172 g/mol. The smallest absolute Gasteiger partial charge is 0.0937 e. The van der Waals surface area contributed by atoms with Crippen LogP contribution in [0.2, 0.25) is 0 Å². The number of hydrogen-bond acceptors (Lipinski definition) is 1. The van der Waals surface area contributed by atoms with Crippen molar-refractivity contribution in [1.29, 1.82) is 0 Å². The summed E-state index contributed by atoms with van der Waals surface area (Å²) in [6, 6.07) is 7.22. The molecule has 0 heterocycles. The quantitative estimate of drug-likeness (QED) is 0.545. The second-order valence-corrected chi connectivity index (χ2v) is 2.71. The normalized spacial score (nSPS) is 12.1. The van der Waals surface area contributed by atoms with Gasteiger partial charge in [0.25, 0.3) is 0 Å². The SMILES string of the molecule is C#Cc1ccccc1C(O)CCl. The Balaban J connectivity index is 3.07. The van der Waals surface area contributed by atoms with Crippen molar-refractivity contribution in [2.24, 2.45) is 0 Å². The van der Waals surface area contributed by atoms with Crippen LogP contribution in [0.4, 0.5) is 0 Å². The van der Waals surface area contributed by atoms with Crippen molar-refractivity contribution >= 4 is 11.6 Å². The Morgan fingerprint density at radius 2 is 2.17 bits per heavy atom. The first-order valence-corrected chi connectivity index (χ1v) is 4.12. The van der Waals surface area contributed by atoms with Gasteiger partial charge in [0, 0.05) is 5.56 Å². The van der Waals surface area contributed by atoms with Gasteiger partial charge in [-0.1, -0.05) is 24.1 Å². The summed E-state index contributed by atoms with van der Waals surface area (Å²) in [7, 11) is 0. The second kappa shape index (κ2) is 4.15. The fourth-order valence-corrected chi connectivity index (χ4v) is 1.17. The summed E-state index contributed by atoms with van der Waals surface area (Å²) in [6.45, 7) is 0. The number of alkyl halides is 1. The molecule has 0 amide bonds. The predicted octanol–water partition coefficient (Wildman–Crippen LogP) is 1.94. The van der Waals surface area contributed by atoms with Gasteiger partial charge in [0.05, 0.1) is 12.0 Å². The molecule has 0 aliphatic carbocycles. The average molecular weight is 181 g/mol. The largest absolute Gasteiger partial charge is 0.387 e. The van der Waals surface area contributed by atoms with Crippen molar-refractivity contribution in [1.82, 2.24) is 0 Å². The van der Waals surface area contributed by atoms with E-state index >= 15 is 0 Å². The standard InChI is InChI=1S/C10H9ClO/c1-2-8-5-3-4-6-9(8)10(12)7-11/h1,3-6,10,12H,7H2. The van der Waals surface area contributed by atoms with Crippen molar-refractivity contribution in [2.45, 2.75) is 6.10 Å². The summed E-state index contributed by atoms with van der Waals surface area (Å²) >= 11 is 5.50. The van der Waals surface area contributed by atoms with Crippen molar-refractivity contribution in [3.8, 4) is 12.3 Å². The highest BCUT2D eigenvalue weighted by Crippen LogP contribution is 2.17. The average Bonchev–Trinajstić information content (AvgIpc) is 2.16. The van der Waals surface area contributed by atoms with Gasteiger partial charge in [-0.25, -0.2) is 0 Å². The summed E-state index contributed by atoms with van der Waals surface area (Å²) in [6.07, 6.45) is 4.57. The zero-order valence-corrected chi connectivity index (χ0v) is 7.25. The maximum Gasteiger partial charge on any atom is 0.0937 e. The Hall–Kier alpha value is -0.970. The van der Waals surface area contributed by atoms with Crippen molar-refractivity contribution in [3.05, 3.63) is 35.4 Å². The van der Waals surface area contributed by atoms with Crippen LogP contribution in [0.15, 0.2) is 24.3 Å². The van der Waals surface area contributed by atoms with Gasteiger partial charge >= 0.3 is 0 Å². The molecule has 12 heavy (non-hydrogen) atoms. The molecule has 0 radical (unpaired) electrons. The Morgan fingerprint density at radius 1 is 1.50 bits per heavy atom. The first-order chi connectivity index (χ1) is 5.79. The highest BCUT2D eigenvalue weighted by Gasteiger charge is 2.08. The molecule has 1 N–H and O–H groups in total. The van der Waals surface area contributed by atoms with E-state index in [0.717, 1.165) is 5.56 Å². The lowest BCUT2D eigenvalue weighted by atomic mass is 10.0. The minimum Gasteiger partial charge on any atom is -0.387 e. The summed E-state index contributed by atoms with van der Waals surface area (Å²) in [4.78, 5) is 0. The molecule has 0 saturated carbocycles. The lowest BCUT2D eigenvalue weighted by molar-refractivity contribution is 0.202. The minimum absolute atomic E-state index is 0.165. The van der Waals surface area contributed by atoms with Crippen LogP contribution >= 0.6 is 11.6 Å². The lowest BCUT2D eigenvalue weighted by Crippen LogP contribution is -2.00. The van der Waals surface area contributed by atoms with Gasteiger partial charge in [0.15, 0.2) is 0 Å². The van der Waals surface area contributed by atoms with Crippen molar-refractivity contribution in [3.63, 3.8) is 0 Å². The first-order valence-electron chi connectivity index (χ1n) is 3.59. The van der Waals surface area contributed by atoms with E-state index in [1.807, 2.05) is 12.1 Å². The third kappa shape index (κ3) is 1.79. The van der Waals surface area contributed by atoms with Gasteiger partial charge in [-0.2, -0.15) is 0 Å². The molecule has 1 rings (SSSR count). The van der Waals surface area contributed by atoms with E-state index in [1.165, 1.54) is 0 Å². The van der Waals surface area contributed by atoms with Crippen molar-refractivity contribution in [2.75, 3.05) is 5.88 Å². The third-order valence-corrected chi connectivity index (χ3v) is 1.91. The van der Waals surface area contributed by atoms with Gasteiger partial charge < -0.3 is 5.11 Å². The third-order valence-electron chi connectivity index (χ3n) is 1.62. The van der Waals surface area contributed by atoms with E-state index in [4.69, 9.17) is 18.0 Å². The van der Waals surface area contributed by atoms with Gasteiger partial charge in [0.1, 0.15) is 0 Å². The number of rotatable bonds is 2. The van der Waals surface area contributed by atoms with E-state index in [2.05, 4.69) is 5.92 Å². The molecule has 0 aliphatic rings. The van der Waals surface area contributed by atoms with Crippen LogP contribution in [0.1, 0.15) is 17.2 Å².